The largest absolute Gasteiger partial charge is 0.350 e. The number of likely N-dealkylation sites (tertiary alicyclic amines) is 1. The third kappa shape index (κ3) is 6.38. The molecule has 8 unspecified atom stereocenters. The van der Waals surface area contributed by atoms with Crippen molar-refractivity contribution in [1.82, 2.24) is 30.2 Å². The second-order valence-electron chi connectivity index (χ2n) is 13.0. The SMILES string of the molecule is CN1CCN(C(=O)C2(C#N)CCN(C3C(F)CNCC3NC(=O)C(C(N)N)C3CC4CCC(F)CN3C4)CC2)CC1. The Morgan fingerprint density at radius 3 is 2.39 bits per heavy atom. The van der Waals surface area contributed by atoms with Gasteiger partial charge in [-0.2, -0.15) is 5.26 Å². The number of alkyl halides is 2. The molecule has 41 heavy (non-hydrogen) atoms. The van der Waals surface area contributed by atoms with Gasteiger partial charge in [0.2, 0.25) is 11.8 Å². The van der Waals surface area contributed by atoms with Crippen molar-refractivity contribution in [3.63, 3.8) is 0 Å². The Morgan fingerprint density at radius 2 is 1.73 bits per heavy atom. The van der Waals surface area contributed by atoms with Gasteiger partial charge in [-0.15, -0.1) is 0 Å². The zero-order valence-electron chi connectivity index (χ0n) is 24.2. The lowest BCUT2D eigenvalue weighted by Gasteiger charge is -2.47. The molecule has 0 radical (unpaired) electrons. The van der Waals surface area contributed by atoms with Crippen LogP contribution in [0.1, 0.15) is 32.1 Å². The summed E-state index contributed by atoms with van der Waals surface area (Å²) in [5.41, 5.74) is 11.2. The van der Waals surface area contributed by atoms with Gasteiger partial charge in [-0.1, -0.05) is 0 Å². The second-order valence-corrected chi connectivity index (χ2v) is 13.0. The van der Waals surface area contributed by atoms with Crippen LogP contribution in [0.2, 0.25) is 0 Å². The Kier molecular flexibility index (Phi) is 9.47. The number of carbonyl (C=O) groups excluding carboxylic acids is 2. The van der Waals surface area contributed by atoms with Crippen LogP contribution in [-0.2, 0) is 9.59 Å². The summed E-state index contributed by atoms with van der Waals surface area (Å²) in [7, 11) is 2.02. The Morgan fingerprint density at radius 1 is 1.02 bits per heavy atom. The van der Waals surface area contributed by atoms with E-state index >= 15 is 4.39 Å². The summed E-state index contributed by atoms with van der Waals surface area (Å²) in [5.74, 6) is -0.870. The van der Waals surface area contributed by atoms with Gasteiger partial charge in [0.15, 0.2) is 0 Å². The van der Waals surface area contributed by atoms with Crippen LogP contribution in [0.5, 0.6) is 0 Å². The van der Waals surface area contributed by atoms with Crippen molar-refractivity contribution in [3.8, 4) is 6.07 Å². The van der Waals surface area contributed by atoms with E-state index in [4.69, 9.17) is 11.5 Å². The number of rotatable bonds is 6. The van der Waals surface area contributed by atoms with Gasteiger partial charge >= 0.3 is 0 Å². The number of hydrogen-bond acceptors (Lipinski definition) is 9. The van der Waals surface area contributed by atoms with Crippen LogP contribution in [0, 0.1) is 28.6 Å². The number of nitrogens with zero attached hydrogens (tertiary/aromatic N) is 5. The Hall–Kier alpha value is -1.95. The minimum atomic E-state index is -1.24. The number of hydrogen-bond donors (Lipinski definition) is 4. The molecule has 0 aliphatic carbocycles. The highest BCUT2D eigenvalue weighted by Crippen LogP contribution is 2.37. The molecule has 5 fully saturated rings. The quantitative estimate of drug-likeness (QED) is 0.286. The standard InChI is InChI=1S/C28H47F2N9O2/c1-36-8-10-38(11-9-36)27(41)28(17-31)4-6-37(7-5-28)24-20(30)13-34-14-21(24)35-26(40)23(25(32)33)22-12-18-2-3-19(29)16-39(22)15-18/h18-25,34H,2-16,32-33H2,1H3,(H,35,40). The van der Waals surface area contributed by atoms with Crippen LogP contribution in [0.25, 0.3) is 0 Å². The number of fused-ring (bicyclic) bond motifs is 2. The van der Waals surface area contributed by atoms with E-state index in [0.717, 1.165) is 32.5 Å². The number of halogens is 2. The number of nitrogens with two attached hydrogens (primary N) is 2. The third-order valence-electron chi connectivity index (χ3n) is 10.3. The first kappa shape index (κ1) is 30.5. The molecule has 5 aliphatic rings. The van der Waals surface area contributed by atoms with Crippen LogP contribution in [-0.4, -0.2) is 141 Å². The molecular formula is C28H47F2N9O2. The van der Waals surface area contributed by atoms with Crippen molar-refractivity contribution in [1.29, 1.82) is 5.26 Å². The fraction of sp³-hybridized carbons (Fsp3) is 0.893. The summed E-state index contributed by atoms with van der Waals surface area (Å²) < 4.78 is 29.9. The van der Waals surface area contributed by atoms with E-state index in [1.165, 1.54) is 0 Å². The van der Waals surface area contributed by atoms with E-state index < -0.39 is 41.9 Å². The molecule has 230 valence electrons. The van der Waals surface area contributed by atoms with Crippen molar-refractivity contribution in [3.05, 3.63) is 0 Å². The van der Waals surface area contributed by atoms with Gasteiger partial charge in [0.05, 0.1) is 30.2 Å². The van der Waals surface area contributed by atoms with Crippen molar-refractivity contribution in [2.45, 2.75) is 68.7 Å². The van der Waals surface area contributed by atoms with E-state index in [1.807, 2.05) is 16.8 Å². The average molecular weight is 580 g/mol. The molecule has 2 bridgehead atoms. The highest BCUT2D eigenvalue weighted by Gasteiger charge is 2.49. The first-order valence-corrected chi connectivity index (χ1v) is 15.3. The number of piperidine rings is 2. The minimum absolute atomic E-state index is 0.123. The summed E-state index contributed by atoms with van der Waals surface area (Å²) in [6.45, 7) is 5.10. The molecule has 13 heteroatoms. The maximum absolute atomic E-state index is 15.5. The number of nitrogens with one attached hydrogen (secondary N) is 2. The molecule has 0 aromatic heterocycles. The Bertz CT molecular complexity index is 980. The van der Waals surface area contributed by atoms with Crippen molar-refractivity contribution in [2.24, 2.45) is 28.7 Å². The van der Waals surface area contributed by atoms with Gasteiger partial charge in [0, 0.05) is 71.5 Å². The Labute approximate surface area is 241 Å². The van der Waals surface area contributed by atoms with E-state index in [-0.39, 0.29) is 30.9 Å². The fourth-order valence-electron chi connectivity index (χ4n) is 7.85. The van der Waals surface area contributed by atoms with Gasteiger partial charge in [0.25, 0.3) is 0 Å². The number of nitriles is 1. The molecule has 0 saturated carbocycles. The van der Waals surface area contributed by atoms with Crippen LogP contribution in [0.4, 0.5) is 8.78 Å². The maximum atomic E-state index is 15.5. The molecule has 5 saturated heterocycles. The molecule has 5 heterocycles. The van der Waals surface area contributed by atoms with Crippen LogP contribution < -0.4 is 22.1 Å². The zero-order valence-corrected chi connectivity index (χ0v) is 24.2. The van der Waals surface area contributed by atoms with Crippen LogP contribution in [0.15, 0.2) is 0 Å². The first-order valence-electron chi connectivity index (χ1n) is 15.3. The van der Waals surface area contributed by atoms with Gasteiger partial charge in [-0.3, -0.25) is 19.4 Å². The maximum Gasteiger partial charge on any atom is 0.243 e. The lowest BCUT2D eigenvalue weighted by atomic mass is 9.77. The topological polar surface area (TPSA) is 147 Å². The number of piperazine rings is 1. The number of likely N-dealkylation sites (N-methyl/N-ethyl adjacent to an activating group) is 1. The summed E-state index contributed by atoms with van der Waals surface area (Å²) in [4.78, 5) is 35.1. The smallest absolute Gasteiger partial charge is 0.243 e. The summed E-state index contributed by atoms with van der Waals surface area (Å²) in [6.07, 6.45) is -0.377. The van der Waals surface area contributed by atoms with Crippen LogP contribution in [0.3, 0.4) is 0 Å². The molecule has 0 aromatic carbocycles. The summed E-state index contributed by atoms with van der Waals surface area (Å²) in [6, 6.07) is 0.929. The average Bonchev–Trinajstić information content (AvgIpc) is 3.23. The lowest BCUT2D eigenvalue weighted by Crippen LogP contribution is -2.68. The number of amides is 2. The van der Waals surface area contributed by atoms with Gasteiger partial charge in [-0.05, 0) is 45.1 Å². The molecule has 0 aromatic rings. The molecule has 8 atom stereocenters. The molecule has 0 spiro atoms. The van der Waals surface area contributed by atoms with Gasteiger partial charge in [-0.25, -0.2) is 8.78 Å². The monoisotopic (exact) mass is 579 g/mol. The predicted molar refractivity (Wildman–Crippen MR) is 150 cm³/mol. The van der Waals surface area contributed by atoms with E-state index in [9.17, 15) is 19.2 Å². The van der Waals surface area contributed by atoms with E-state index in [1.54, 1.807) is 4.90 Å². The normalized spacial score (nSPS) is 37.3. The lowest BCUT2D eigenvalue weighted by molar-refractivity contribution is -0.143. The van der Waals surface area contributed by atoms with Gasteiger partial charge < -0.3 is 31.9 Å². The van der Waals surface area contributed by atoms with Crippen LogP contribution >= 0.6 is 0 Å². The van der Waals surface area contributed by atoms with Crippen molar-refractivity contribution in [2.75, 3.05) is 72.5 Å². The summed E-state index contributed by atoms with van der Waals surface area (Å²) >= 11 is 0. The predicted octanol–water partition coefficient (Wildman–Crippen LogP) is -1.16. The highest BCUT2D eigenvalue weighted by atomic mass is 19.1. The second kappa shape index (κ2) is 12.7. The fourth-order valence-corrected chi connectivity index (χ4v) is 7.85. The molecule has 6 N–H and O–H groups in total. The van der Waals surface area contributed by atoms with E-state index in [2.05, 4.69) is 21.6 Å². The van der Waals surface area contributed by atoms with Gasteiger partial charge in [0.1, 0.15) is 17.8 Å². The summed E-state index contributed by atoms with van der Waals surface area (Å²) in [5, 5.41) is 16.3. The minimum Gasteiger partial charge on any atom is -0.350 e. The van der Waals surface area contributed by atoms with E-state index in [0.29, 0.717) is 57.9 Å². The van der Waals surface area contributed by atoms with Crippen molar-refractivity contribution < 1.29 is 18.4 Å². The zero-order chi connectivity index (χ0) is 29.3. The Balaban J connectivity index is 1.25. The third-order valence-corrected chi connectivity index (χ3v) is 10.3. The molecule has 11 nitrogen and oxygen atoms in total. The molecular weight excluding hydrogens is 532 g/mol. The molecule has 5 rings (SSSR count). The number of carbonyl (C=O) groups is 2. The first-order chi connectivity index (χ1) is 19.6. The molecule has 5 aliphatic heterocycles. The highest BCUT2D eigenvalue weighted by molar-refractivity contribution is 5.86. The van der Waals surface area contributed by atoms with Crippen molar-refractivity contribution >= 4 is 11.8 Å². The molecule has 2 amide bonds.